The van der Waals surface area contributed by atoms with Gasteiger partial charge in [0, 0.05) is 29.1 Å². The number of halogens is 2. The van der Waals surface area contributed by atoms with E-state index in [0.717, 1.165) is 16.8 Å². The lowest BCUT2D eigenvalue weighted by Gasteiger charge is -2.10. The average molecular weight is 457 g/mol. The summed E-state index contributed by atoms with van der Waals surface area (Å²) < 4.78 is 1.93. The van der Waals surface area contributed by atoms with Crippen LogP contribution >= 0.6 is 35.0 Å². The van der Waals surface area contributed by atoms with E-state index >= 15 is 0 Å². The quantitative estimate of drug-likeness (QED) is 0.189. The first-order chi connectivity index (χ1) is 14.5. The number of hydrogen-bond donors (Lipinski definition) is 0. The first-order valence-corrected chi connectivity index (χ1v) is 10.6. The Hall–Kier alpha value is -2.87. The molecule has 0 bridgehead atoms. The molecule has 0 N–H and O–H groups in total. The molecule has 0 radical (unpaired) electrons. The Kier molecular flexibility index (Phi) is 6.03. The summed E-state index contributed by atoms with van der Waals surface area (Å²) in [5.41, 5.74) is 2.67. The van der Waals surface area contributed by atoms with Gasteiger partial charge >= 0.3 is 0 Å². The molecule has 3 aromatic carbocycles. The molecular formula is C21H14Cl2N4O2S. The van der Waals surface area contributed by atoms with Crippen molar-refractivity contribution in [1.29, 1.82) is 0 Å². The Morgan fingerprint density at radius 1 is 0.933 bits per heavy atom. The van der Waals surface area contributed by atoms with E-state index in [1.54, 1.807) is 18.2 Å². The summed E-state index contributed by atoms with van der Waals surface area (Å²) in [6.07, 6.45) is 0. The van der Waals surface area contributed by atoms with Gasteiger partial charge in [0.15, 0.2) is 11.0 Å². The van der Waals surface area contributed by atoms with E-state index < -0.39 is 4.92 Å². The highest BCUT2D eigenvalue weighted by Gasteiger charge is 2.17. The van der Waals surface area contributed by atoms with Crippen molar-refractivity contribution in [1.82, 2.24) is 14.8 Å². The molecule has 30 heavy (non-hydrogen) atoms. The van der Waals surface area contributed by atoms with E-state index in [2.05, 4.69) is 10.2 Å². The van der Waals surface area contributed by atoms with Crippen LogP contribution < -0.4 is 0 Å². The molecule has 0 saturated heterocycles. The molecule has 1 heterocycles. The normalized spacial score (nSPS) is 10.9. The van der Waals surface area contributed by atoms with Gasteiger partial charge in [-0.25, -0.2) is 0 Å². The molecule has 6 nitrogen and oxygen atoms in total. The molecule has 0 spiro atoms. The molecule has 0 aliphatic carbocycles. The van der Waals surface area contributed by atoms with Crippen LogP contribution in [0.5, 0.6) is 0 Å². The predicted molar refractivity (Wildman–Crippen MR) is 119 cm³/mol. The first-order valence-electron chi connectivity index (χ1n) is 8.85. The Bertz CT molecular complexity index is 1200. The summed E-state index contributed by atoms with van der Waals surface area (Å²) in [6, 6.07) is 21.5. The number of para-hydroxylation sites is 1. The number of thioether (sulfide) groups is 1. The van der Waals surface area contributed by atoms with Crippen molar-refractivity contribution < 1.29 is 4.92 Å². The van der Waals surface area contributed by atoms with E-state index in [0.29, 0.717) is 26.8 Å². The zero-order valence-electron chi connectivity index (χ0n) is 15.4. The maximum Gasteiger partial charge on any atom is 0.269 e. The second-order valence-electron chi connectivity index (χ2n) is 6.32. The van der Waals surface area contributed by atoms with Crippen molar-refractivity contribution in [2.75, 3.05) is 0 Å². The Morgan fingerprint density at radius 3 is 2.33 bits per heavy atom. The second kappa shape index (κ2) is 8.87. The summed E-state index contributed by atoms with van der Waals surface area (Å²) in [4.78, 5) is 10.5. The second-order valence-corrected chi connectivity index (χ2v) is 8.08. The number of nitro groups is 1. The number of rotatable bonds is 6. The maximum absolute atomic E-state index is 11.0. The maximum atomic E-state index is 11.0. The van der Waals surface area contributed by atoms with Crippen LogP contribution in [0.2, 0.25) is 10.0 Å². The molecule has 1 aromatic heterocycles. The molecule has 4 aromatic rings. The van der Waals surface area contributed by atoms with Gasteiger partial charge < -0.3 is 0 Å². The average Bonchev–Trinajstić information content (AvgIpc) is 3.19. The fraction of sp³-hybridized carbons (Fsp3) is 0.0476. The number of hydrogen-bond acceptors (Lipinski definition) is 5. The van der Waals surface area contributed by atoms with Crippen LogP contribution in [0.3, 0.4) is 0 Å². The van der Waals surface area contributed by atoms with Crippen molar-refractivity contribution in [3.8, 4) is 17.1 Å². The van der Waals surface area contributed by atoms with E-state index in [-0.39, 0.29) is 5.69 Å². The molecule has 150 valence electrons. The van der Waals surface area contributed by atoms with Crippen molar-refractivity contribution in [2.45, 2.75) is 10.9 Å². The first kappa shape index (κ1) is 20.4. The minimum atomic E-state index is -0.426. The van der Waals surface area contributed by atoms with Gasteiger partial charge in [0.25, 0.3) is 5.69 Å². The Morgan fingerprint density at radius 2 is 1.67 bits per heavy atom. The van der Waals surface area contributed by atoms with Crippen molar-refractivity contribution >= 4 is 40.7 Å². The van der Waals surface area contributed by atoms with Crippen molar-refractivity contribution in [3.63, 3.8) is 0 Å². The predicted octanol–water partition coefficient (Wildman–Crippen LogP) is 6.44. The minimum absolute atomic E-state index is 0.0266. The largest absolute Gasteiger partial charge is 0.270 e. The van der Waals surface area contributed by atoms with Crippen LogP contribution in [0.25, 0.3) is 17.1 Å². The lowest BCUT2D eigenvalue weighted by molar-refractivity contribution is -0.384. The van der Waals surface area contributed by atoms with Gasteiger partial charge in [-0.15, -0.1) is 10.2 Å². The third kappa shape index (κ3) is 4.33. The van der Waals surface area contributed by atoms with Gasteiger partial charge in [0.1, 0.15) is 0 Å². The van der Waals surface area contributed by atoms with Crippen molar-refractivity contribution in [3.05, 3.63) is 98.5 Å². The van der Waals surface area contributed by atoms with Crippen LogP contribution in [0.1, 0.15) is 5.56 Å². The van der Waals surface area contributed by atoms with E-state index in [1.165, 1.54) is 23.9 Å². The summed E-state index contributed by atoms with van der Waals surface area (Å²) >= 11 is 13.6. The molecule has 0 unspecified atom stereocenters. The fourth-order valence-electron chi connectivity index (χ4n) is 2.87. The summed E-state index contributed by atoms with van der Waals surface area (Å²) in [5, 5.41) is 21.4. The summed E-state index contributed by atoms with van der Waals surface area (Å²) in [5.74, 6) is 1.23. The Labute approximate surface area is 186 Å². The van der Waals surface area contributed by atoms with Gasteiger partial charge in [-0.1, -0.05) is 59.2 Å². The molecule has 0 fully saturated rings. The SMILES string of the molecule is O=[N+]([O-])c1ccc(-c2nnc(SCc3ccc(Cl)c(Cl)c3)n2-c2ccccc2)cc1. The number of non-ortho nitro benzene ring substituents is 1. The van der Waals surface area contributed by atoms with Crippen LogP contribution in [0.4, 0.5) is 5.69 Å². The highest BCUT2D eigenvalue weighted by molar-refractivity contribution is 7.98. The lowest BCUT2D eigenvalue weighted by Crippen LogP contribution is -2.00. The van der Waals surface area contributed by atoms with Crippen LogP contribution in [-0.2, 0) is 5.75 Å². The molecule has 0 aliphatic heterocycles. The van der Waals surface area contributed by atoms with Gasteiger partial charge in [-0.3, -0.25) is 14.7 Å². The van der Waals surface area contributed by atoms with Crippen LogP contribution in [0, 0.1) is 10.1 Å². The highest BCUT2D eigenvalue weighted by atomic mass is 35.5. The number of nitrogens with zero attached hydrogens (tertiary/aromatic N) is 4. The fourth-order valence-corrected chi connectivity index (χ4v) is 4.09. The smallest absolute Gasteiger partial charge is 0.269 e. The van der Waals surface area contributed by atoms with Gasteiger partial charge in [0.05, 0.1) is 15.0 Å². The molecule has 0 atom stereocenters. The molecule has 0 amide bonds. The number of nitro benzene ring substituents is 1. The van der Waals surface area contributed by atoms with Crippen LogP contribution in [-0.4, -0.2) is 19.7 Å². The lowest BCUT2D eigenvalue weighted by atomic mass is 10.2. The zero-order chi connectivity index (χ0) is 21.1. The number of benzene rings is 3. The van der Waals surface area contributed by atoms with E-state index in [1.807, 2.05) is 47.0 Å². The number of aromatic nitrogens is 3. The highest BCUT2D eigenvalue weighted by Crippen LogP contribution is 2.31. The molecule has 4 rings (SSSR count). The van der Waals surface area contributed by atoms with Crippen molar-refractivity contribution in [2.24, 2.45) is 0 Å². The van der Waals surface area contributed by atoms with Crippen LogP contribution in [0.15, 0.2) is 78.0 Å². The van der Waals surface area contributed by atoms with Gasteiger partial charge in [-0.05, 0) is 42.0 Å². The third-order valence-electron chi connectivity index (χ3n) is 4.34. The molecular weight excluding hydrogens is 443 g/mol. The molecule has 9 heteroatoms. The summed E-state index contributed by atoms with van der Waals surface area (Å²) in [6.45, 7) is 0. The van der Waals surface area contributed by atoms with E-state index in [4.69, 9.17) is 23.2 Å². The molecule has 0 aliphatic rings. The van der Waals surface area contributed by atoms with Gasteiger partial charge in [0.2, 0.25) is 0 Å². The standard InChI is InChI=1S/C21H14Cl2N4O2S/c22-18-11-6-14(12-19(18)23)13-30-21-25-24-20(26(21)16-4-2-1-3-5-16)15-7-9-17(10-8-15)27(28)29/h1-12H,13H2. The van der Waals surface area contributed by atoms with Gasteiger partial charge in [-0.2, -0.15) is 0 Å². The monoisotopic (exact) mass is 456 g/mol. The zero-order valence-corrected chi connectivity index (χ0v) is 17.7. The third-order valence-corrected chi connectivity index (χ3v) is 6.08. The Balaban J connectivity index is 1.70. The van der Waals surface area contributed by atoms with E-state index in [9.17, 15) is 10.1 Å². The topological polar surface area (TPSA) is 73.8 Å². The minimum Gasteiger partial charge on any atom is -0.270 e. The molecule has 0 saturated carbocycles. The summed E-state index contributed by atoms with van der Waals surface area (Å²) in [7, 11) is 0.